The van der Waals surface area contributed by atoms with Gasteiger partial charge in [-0.3, -0.25) is 4.79 Å². The van der Waals surface area contributed by atoms with Crippen molar-refractivity contribution >= 4 is 11.6 Å². The van der Waals surface area contributed by atoms with Crippen LogP contribution in [-0.2, 0) is 4.79 Å². The van der Waals surface area contributed by atoms with Gasteiger partial charge in [0.05, 0.1) is 6.61 Å². The summed E-state index contributed by atoms with van der Waals surface area (Å²) in [5, 5.41) is 1.62. The number of ether oxygens (including phenoxy) is 1. The largest absolute Gasteiger partial charge is 0.494 e. The number of hydrogen-bond donors (Lipinski definition) is 1. The molecule has 0 bridgehead atoms. The number of nitrogens with one attached hydrogen (secondary N) is 1. The lowest BCUT2D eigenvalue weighted by Gasteiger charge is -2.22. The molecule has 1 N–H and O–H groups in total. The van der Waals surface area contributed by atoms with Crippen LogP contribution in [0, 0.1) is 5.92 Å². The second-order valence-electron chi connectivity index (χ2n) is 4.73. The van der Waals surface area contributed by atoms with E-state index in [1.807, 2.05) is 6.92 Å². The van der Waals surface area contributed by atoms with Crippen LogP contribution in [0.5, 0.6) is 5.75 Å². The Morgan fingerprint density at radius 1 is 1.09 bits per heavy atom. The minimum Gasteiger partial charge on any atom is -0.494 e. The van der Waals surface area contributed by atoms with Gasteiger partial charge in [-0.15, -0.1) is 0 Å². The van der Waals surface area contributed by atoms with Gasteiger partial charge in [-0.05, 0) is 30.7 Å². The Morgan fingerprint density at radius 2 is 1.61 bits per heavy atom. The topological polar surface area (TPSA) is 38.3 Å². The maximum absolute atomic E-state index is 12.4. The van der Waals surface area contributed by atoms with Crippen molar-refractivity contribution in [1.29, 1.82) is 0 Å². The molecule has 0 unspecified atom stereocenters. The lowest BCUT2D eigenvalue weighted by atomic mass is 10.1. The monoisotopic (exact) mass is 343 g/mol. The third kappa shape index (κ3) is 5.99. The molecule has 0 saturated heterocycles. The summed E-state index contributed by atoms with van der Waals surface area (Å²) in [6.07, 6.45) is -9.72. The molecule has 0 saturated carbocycles. The van der Waals surface area contributed by atoms with E-state index in [0.717, 1.165) is 12.8 Å². The van der Waals surface area contributed by atoms with Gasteiger partial charge in [0.2, 0.25) is 11.8 Å². The third-order valence-corrected chi connectivity index (χ3v) is 2.81. The molecule has 0 aliphatic rings. The van der Waals surface area contributed by atoms with Crippen molar-refractivity contribution in [2.75, 3.05) is 11.9 Å². The van der Waals surface area contributed by atoms with Crippen LogP contribution in [0.25, 0.3) is 0 Å². The maximum atomic E-state index is 12.4. The third-order valence-electron chi connectivity index (χ3n) is 2.81. The van der Waals surface area contributed by atoms with E-state index in [2.05, 4.69) is 0 Å². The highest BCUT2D eigenvalue weighted by atomic mass is 19.4. The SMILES string of the molecule is CCCCOc1ccc(NC(=O)C(C(F)(F)F)C(F)(F)F)cc1. The molecule has 23 heavy (non-hydrogen) atoms. The number of amides is 1. The van der Waals surface area contributed by atoms with Crippen LogP contribution in [0.15, 0.2) is 24.3 Å². The summed E-state index contributed by atoms with van der Waals surface area (Å²) in [5.41, 5.74) is -0.184. The van der Waals surface area contributed by atoms with Gasteiger partial charge >= 0.3 is 12.4 Å². The normalized spacial score (nSPS) is 12.3. The number of halogens is 6. The molecular formula is C14H15F6NO2. The summed E-state index contributed by atoms with van der Waals surface area (Å²) in [6.45, 7) is 2.39. The molecule has 130 valence electrons. The van der Waals surface area contributed by atoms with E-state index in [9.17, 15) is 31.1 Å². The molecule has 3 nitrogen and oxygen atoms in total. The molecule has 1 rings (SSSR count). The van der Waals surface area contributed by atoms with Crippen molar-refractivity contribution in [3.63, 3.8) is 0 Å². The Morgan fingerprint density at radius 3 is 2.04 bits per heavy atom. The first-order valence-electron chi connectivity index (χ1n) is 6.73. The van der Waals surface area contributed by atoms with Gasteiger partial charge in [0.15, 0.2) is 0 Å². The molecule has 1 aromatic rings. The van der Waals surface area contributed by atoms with E-state index in [0.29, 0.717) is 12.4 Å². The van der Waals surface area contributed by atoms with Gasteiger partial charge in [-0.25, -0.2) is 0 Å². The number of hydrogen-bond acceptors (Lipinski definition) is 2. The molecule has 0 spiro atoms. The highest BCUT2D eigenvalue weighted by Crippen LogP contribution is 2.39. The number of anilines is 1. The highest BCUT2D eigenvalue weighted by Gasteiger charge is 2.61. The first kappa shape index (κ1) is 19.1. The number of rotatable bonds is 6. The lowest BCUT2D eigenvalue weighted by Crippen LogP contribution is -2.45. The first-order valence-corrected chi connectivity index (χ1v) is 6.73. The molecule has 0 heterocycles. The number of carbonyl (C=O) groups is 1. The van der Waals surface area contributed by atoms with E-state index in [4.69, 9.17) is 4.74 Å². The van der Waals surface area contributed by atoms with Crippen molar-refractivity contribution < 1.29 is 35.9 Å². The number of benzene rings is 1. The van der Waals surface area contributed by atoms with Crippen molar-refractivity contribution in [3.8, 4) is 5.75 Å². The highest BCUT2D eigenvalue weighted by molar-refractivity contribution is 5.93. The zero-order valence-electron chi connectivity index (χ0n) is 12.1. The summed E-state index contributed by atoms with van der Waals surface area (Å²) < 4.78 is 79.7. The van der Waals surface area contributed by atoms with E-state index in [-0.39, 0.29) is 5.69 Å². The fourth-order valence-electron chi connectivity index (χ4n) is 1.67. The van der Waals surface area contributed by atoms with Gasteiger partial charge in [0, 0.05) is 5.69 Å². The predicted molar refractivity (Wildman–Crippen MR) is 71.1 cm³/mol. The Labute approximate surface area is 128 Å². The summed E-state index contributed by atoms with van der Waals surface area (Å²) in [5.74, 6) is -5.85. The van der Waals surface area contributed by atoms with Crippen LogP contribution < -0.4 is 10.1 Å². The van der Waals surface area contributed by atoms with Crippen molar-refractivity contribution in [2.45, 2.75) is 32.1 Å². The average molecular weight is 343 g/mol. The summed E-state index contributed by atoms with van der Waals surface area (Å²) >= 11 is 0. The predicted octanol–water partition coefficient (Wildman–Crippen LogP) is 4.54. The first-order chi connectivity index (χ1) is 10.6. The Kier molecular flexibility index (Phi) is 6.28. The number of carbonyl (C=O) groups excluding carboxylic acids is 1. The summed E-state index contributed by atoms with van der Waals surface area (Å²) in [6, 6.07) is 5.04. The fraction of sp³-hybridized carbons (Fsp3) is 0.500. The van der Waals surface area contributed by atoms with Gasteiger partial charge in [0.25, 0.3) is 0 Å². The average Bonchev–Trinajstić information content (AvgIpc) is 2.37. The van der Waals surface area contributed by atoms with E-state index in [1.54, 1.807) is 5.32 Å². The van der Waals surface area contributed by atoms with Crippen LogP contribution in [-0.4, -0.2) is 24.9 Å². The van der Waals surface area contributed by atoms with Crippen LogP contribution in [0.4, 0.5) is 32.0 Å². The molecule has 9 heteroatoms. The molecule has 0 atom stereocenters. The number of alkyl halides is 6. The van der Waals surface area contributed by atoms with Crippen molar-refractivity contribution in [1.82, 2.24) is 0 Å². The van der Waals surface area contributed by atoms with Crippen molar-refractivity contribution in [2.24, 2.45) is 5.92 Å². The standard InChI is InChI=1S/C14H15F6NO2/c1-2-3-8-23-10-6-4-9(5-7-10)21-12(22)11(13(15,16)17)14(18,19)20/h4-7,11H,2-3,8H2,1H3,(H,21,22). The molecule has 1 amide bonds. The van der Waals surface area contributed by atoms with Crippen LogP contribution in [0.3, 0.4) is 0 Å². The quantitative estimate of drug-likeness (QED) is 0.608. The minimum atomic E-state index is -5.72. The van der Waals surface area contributed by atoms with Crippen molar-refractivity contribution in [3.05, 3.63) is 24.3 Å². The van der Waals surface area contributed by atoms with Crippen LogP contribution in [0.2, 0.25) is 0 Å². The van der Waals surface area contributed by atoms with E-state index in [1.165, 1.54) is 24.3 Å². The lowest BCUT2D eigenvalue weighted by molar-refractivity contribution is -0.272. The van der Waals surface area contributed by atoms with Gasteiger partial charge < -0.3 is 10.1 Å². The second kappa shape index (κ2) is 7.56. The van der Waals surface area contributed by atoms with Gasteiger partial charge in [-0.1, -0.05) is 13.3 Å². The molecule has 0 aliphatic heterocycles. The van der Waals surface area contributed by atoms with Crippen LogP contribution >= 0.6 is 0 Å². The Bertz CT molecular complexity index is 495. The minimum absolute atomic E-state index is 0.184. The molecule has 0 aliphatic carbocycles. The molecule has 0 aromatic heterocycles. The molecule has 1 aromatic carbocycles. The van der Waals surface area contributed by atoms with Crippen LogP contribution in [0.1, 0.15) is 19.8 Å². The fourth-order valence-corrected chi connectivity index (χ4v) is 1.67. The number of unbranched alkanes of at least 4 members (excludes halogenated alkanes) is 1. The Hall–Kier alpha value is -1.93. The van der Waals surface area contributed by atoms with E-state index >= 15 is 0 Å². The summed E-state index contributed by atoms with van der Waals surface area (Å²) in [4.78, 5) is 11.3. The smallest absolute Gasteiger partial charge is 0.409 e. The molecular weight excluding hydrogens is 328 g/mol. The van der Waals surface area contributed by atoms with Gasteiger partial charge in [0.1, 0.15) is 5.75 Å². The zero-order valence-corrected chi connectivity index (χ0v) is 12.1. The van der Waals surface area contributed by atoms with Gasteiger partial charge in [-0.2, -0.15) is 26.3 Å². The Balaban J connectivity index is 2.76. The molecule has 0 fully saturated rings. The van der Waals surface area contributed by atoms with E-state index < -0.39 is 24.2 Å². The maximum Gasteiger partial charge on any atom is 0.409 e. The zero-order chi connectivity index (χ0) is 17.7. The second-order valence-corrected chi connectivity index (χ2v) is 4.73. The molecule has 0 radical (unpaired) electrons. The summed E-state index contributed by atoms with van der Waals surface area (Å²) in [7, 11) is 0.